The van der Waals surface area contributed by atoms with Crippen LogP contribution in [0.4, 0.5) is 4.39 Å². The maximum Gasteiger partial charge on any atom is 0.173 e. The summed E-state index contributed by atoms with van der Waals surface area (Å²) in [5.41, 5.74) is 6.74. The zero-order valence-corrected chi connectivity index (χ0v) is 15.1. The fourth-order valence-electron chi connectivity index (χ4n) is 3.35. The average molecular weight is 346 g/mol. The molecule has 1 aromatic carbocycles. The van der Waals surface area contributed by atoms with Crippen LogP contribution in [0.25, 0.3) is 0 Å². The van der Waals surface area contributed by atoms with Gasteiger partial charge < -0.3 is 11.1 Å². The van der Waals surface area contributed by atoms with E-state index >= 15 is 0 Å². The van der Waals surface area contributed by atoms with Gasteiger partial charge in [0.2, 0.25) is 0 Å². The van der Waals surface area contributed by atoms with Crippen molar-refractivity contribution >= 4 is 0 Å². The summed E-state index contributed by atoms with van der Waals surface area (Å²) in [6, 6.07) is 7.00. The molecule has 1 atom stereocenters. The van der Waals surface area contributed by atoms with E-state index in [9.17, 15) is 4.39 Å². The summed E-state index contributed by atoms with van der Waals surface area (Å²) in [5.74, 6) is 0.496. The number of nitrogens with one attached hydrogen (secondary N) is 1. The number of hydrogen-bond acceptors (Lipinski definition) is 5. The van der Waals surface area contributed by atoms with Crippen LogP contribution in [0.3, 0.4) is 0 Å². The Morgan fingerprint density at radius 1 is 1.16 bits per heavy atom. The highest BCUT2D eigenvalue weighted by atomic mass is 19.1. The molecule has 6 nitrogen and oxygen atoms in total. The smallest absolute Gasteiger partial charge is 0.173 e. The molecule has 1 unspecified atom stereocenters. The Labute approximate surface area is 148 Å². The molecule has 1 aliphatic rings. The molecule has 25 heavy (non-hydrogen) atoms. The van der Waals surface area contributed by atoms with Gasteiger partial charge in [0, 0.05) is 12.1 Å². The summed E-state index contributed by atoms with van der Waals surface area (Å²) in [6.45, 7) is 6.19. The summed E-state index contributed by atoms with van der Waals surface area (Å²) in [6.07, 6.45) is 4.07. The van der Waals surface area contributed by atoms with Crippen LogP contribution < -0.4 is 11.1 Å². The second kappa shape index (κ2) is 7.17. The van der Waals surface area contributed by atoms with E-state index in [-0.39, 0.29) is 17.4 Å². The van der Waals surface area contributed by atoms with Crippen molar-refractivity contribution in [2.45, 2.75) is 70.1 Å². The number of nitrogens with zero attached hydrogens (tertiary/aromatic N) is 4. The number of aromatic nitrogens is 4. The van der Waals surface area contributed by atoms with Crippen molar-refractivity contribution in [2.24, 2.45) is 5.73 Å². The van der Waals surface area contributed by atoms with Gasteiger partial charge in [0.15, 0.2) is 5.82 Å². The molecule has 1 heterocycles. The third kappa shape index (κ3) is 4.22. The molecule has 0 saturated heterocycles. The Bertz CT molecular complexity index is 682. The quantitative estimate of drug-likeness (QED) is 0.889. The summed E-state index contributed by atoms with van der Waals surface area (Å²) in [4.78, 5) is 0. The van der Waals surface area contributed by atoms with Gasteiger partial charge in [-0.1, -0.05) is 12.1 Å². The molecular weight excluding hydrogens is 319 g/mol. The summed E-state index contributed by atoms with van der Waals surface area (Å²) < 4.78 is 15.2. The first-order valence-corrected chi connectivity index (χ1v) is 8.90. The summed E-state index contributed by atoms with van der Waals surface area (Å²) in [5, 5.41) is 16.0. The predicted molar refractivity (Wildman–Crippen MR) is 94.4 cm³/mol. The van der Waals surface area contributed by atoms with E-state index in [1.807, 2.05) is 4.68 Å². The second-order valence-corrected chi connectivity index (χ2v) is 7.88. The first-order valence-electron chi connectivity index (χ1n) is 8.90. The maximum atomic E-state index is 13.4. The maximum absolute atomic E-state index is 13.4. The fraction of sp³-hybridized carbons (Fsp3) is 0.611. The molecule has 0 bridgehead atoms. The Morgan fingerprint density at radius 2 is 1.80 bits per heavy atom. The van der Waals surface area contributed by atoms with Crippen LogP contribution in [0, 0.1) is 5.82 Å². The van der Waals surface area contributed by atoms with E-state index in [0.717, 1.165) is 37.1 Å². The van der Waals surface area contributed by atoms with Gasteiger partial charge in [0.1, 0.15) is 5.82 Å². The standard InChI is InChI=1S/C18H27FN6/c1-18(2,3)25-17(22-23-24-25)16(12-4-6-13(19)7-5-12)21-15-10-8-14(20)9-11-15/h4-7,14-16,21H,8-11,20H2,1-3H3. The van der Waals surface area contributed by atoms with Crippen LogP contribution in [-0.4, -0.2) is 32.3 Å². The van der Waals surface area contributed by atoms with Crippen molar-refractivity contribution in [3.63, 3.8) is 0 Å². The lowest BCUT2D eigenvalue weighted by molar-refractivity contribution is 0.297. The van der Waals surface area contributed by atoms with Gasteiger partial charge in [-0.2, -0.15) is 0 Å². The van der Waals surface area contributed by atoms with E-state index in [0.29, 0.717) is 12.1 Å². The average Bonchev–Trinajstić information content (AvgIpc) is 3.05. The highest BCUT2D eigenvalue weighted by Gasteiger charge is 2.29. The van der Waals surface area contributed by atoms with Crippen LogP contribution in [-0.2, 0) is 5.54 Å². The van der Waals surface area contributed by atoms with E-state index in [2.05, 4.69) is 41.6 Å². The topological polar surface area (TPSA) is 81.7 Å². The van der Waals surface area contributed by atoms with Gasteiger partial charge in [-0.15, -0.1) is 5.10 Å². The Balaban J connectivity index is 1.92. The molecule has 136 valence electrons. The molecule has 3 N–H and O–H groups in total. The highest BCUT2D eigenvalue weighted by molar-refractivity contribution is 5.25. The first kappa shape index (κ1) is 17.9. The Morgan fingerprint density at radius 3 is 2.40 bits per heavy atom. The highest BCUT2D eigenvalue weighted by Crippen LogP contribution is 2.27. The van der Waals surface area contributed by atoms with Crippen LogP contribution >= 0.6 is 0 Å². The number of halogens is 1. The predicted octanol–water partition coefficient (Wildman–Crippen LogP) is 2.52. The van der Waals surface area contributed by atoms with E-state index < -0.39 is 0 Å². The molecule has 0 aliphatic heterocycles. The van der Waals surface area contributed by atoms with Crippen molar-refractivity contribution in [3.8, 4) is 0 Å². The van der Waals surface area contributed by atoms with Crippen molar-refractivity contribution in [3.05, 3.63) is 41.5 Å². The molecule has 2 aromatic rings. The Hall–Kier alpha value is -1.86. The van der Waals surface area contributed by atoms with Crippen molar-refractivity contribution in [1.29, 1.82) is 0 Å². The van der Waals surface area contributed by atoms with Crippen LogP contribution in [0.5, 0.6) is 0 Å². The normalized spacial score (nSPS) is 22.8. The van der Waals surface area contributed by atoms with Crippen LogP contribution in [0.1, 0.15) is 63.9 Å². The third-order valence-electron chi connectivity index (χ3n) is 4.76. The van der Waals surface area contributed by atoms with E-state index in [1.165, 1.54) is 12.1 Å². The molecule has 0 amide bonds. The van der Waals surface area contributed by atoms with Crippen LogP contribution in [0.15, 0.2) is 24.3 Å². The molecule has 1 aliphatic carbocycles. The zero-order valence-electron chi connectivity index (χ0n) is 15.1. The second-order valence-electron chi connectivity index (χ2n) is 7.88. The molecule has 1 saturated carbocycles. The number of rotatable bonds is 4. The van der Waals surface area contributed by atoms with Gasteiger partial charge in [0.05, 0.1) is 11.6 Å². The number of tetrazole rings is 1. The largest absolute Gasteiger partial charge is 0.328 e. The monoisotopic (exact) mass is 346 g/mol. The van der Waals surface area contributed by atoms with E-state index in [4.69, 9.17) is 5.73 Å². The van der Waals surface area contributed by atoms with Gasteiger partial charge in [-0.05, 0) is 74.6 Å². The Kier molecular flexibility index (Phi) is 5.15. The van der Waals surface area contributed by atoms with Crippen LogP contribution in [0.2, 0.25) is 0 Å². The lowest BCUT2D eigenvalue weighted by Gasteiger charge is -2.32. The minimum absolute atomic E-state index is 0.186. The van der Waals surface area contributed by atoms with Crippen molar-refractivity contribution in [1.82, 2.24) is 25.5 Å². The lowest BCUT2D eigenvalue weighted by Crippen LogP contribution is -2.41. The SMILES string of the molecule is CC(C)(C)n1nnnc1C(NC1CCC(N)CC1)c1ccc(F)cc1. The molecule has 1 aromatic heterocycles. The van der Waals surface area contributed by atoms with Crippen molar-refractivity contribution in [2.75, 3.05) is 0 Å². The molecule has 1 fully saturated rings. The minimum Gasteiger partial charge on any atom is -0.328 e. The lowest BCUT2D eigenvalue weighted by atomic mass is 9.90. The van der Waals surface area contributed by atoms with Gasteiger partial charge >= 0.3 is 0 Å². The first-order chi connectivity index (χ1) is 11.8. The molecule has 7 heteroatoms. The summed E-state index contributed by atoms with van der Waals surface area (Å²) >= 11 is 0. The number of benzene rings is 1. The minimum atomic E-state index is -0.249. The van der Waals surface area contributed by atoms with Gasteiger partial charge in [-0.25, -0.2) is 9.07 Å². The molecule has 0 spiro atoms. The fourth-order valence-corrected chi connectivity index (χ4v) is 3.35. The third-order valence-corrected chi connectivity index (χ3v) is 4.76. The summed E-state index contributed by atoms with van der Waals surface area (Å²) in [7, 11) is 0. The van der Waals surface area contributed by atoms with Gasteiger partial charge in [-0.3, -0.25) is 0 Å². The zero-order chi connectivity index (χ0) is 18.0. The molecule has 0 radical (unpaired) electrons. The molecule has 3 rings (SSSR count). The van der Waals surface area contributed by atoms with Gasteiger partial charge in [0.25, 0.3) is 0 Å². The van der Waals surface area contributed by atoms with E-state index in [1.54, 1.807) is 12.1 Å². The van der Waals surface area contributed by atoms with Crippen molar-refractivity contribution < 1.29 is 4.39 Å². The number of nitrogens with two attached hydrogens (primary N) is 1. The number of hydrogen-bond donors (Lipinski definition) is 2. The molecular formula is C18H27FN6.